The minimum absolute atomic E-state index is 0.0555. The molecule has 6 nitrogen and oxygen atoms in total. The number of amides is 1. The van der Waals surface area contributed by atoms with Gasteiger partial charge in [-0.3, -0.25) is 9.69 Å². The van der Waals surface area contributed by atoms with E-state index in [2.05, 4.69) is 14.9 Å². The van der Waals surface area contributed by atoms with E-state index in [9.17, 15) is 13.6 Å². The van der Waals surface area contributed by atoms with Crippen LogP contribution in [0.5, 0.6) is 5.88 Å². The van der Waals surface area contributed by atoms with Crippen LogP contribution in [0.25, 0.3) is 11.1 Å². The number of carbonyl (C=O) groups excluding carboxylic acids is 1. The summed E-state index contributed by atoms with van der Waals surface area (Å²) < 4.78 is 33.0. The quantitative estimate of drug-likeness (QED) is 0.700. The number of hydrogen-bond donors (Lipinski definition) is 1. The molecule has 1 amide bonds. The summed E-state index contributed by atoms with van der Waals surface area (Å²) in [7, 11) is 1.56. The van der Waals surface area contributed by atoms with Gasteiger partial charge in [0.25, 0.3) is 5.91 Å². The monoisotopic (exact) mass is 409 g/mol. The molecule has 0 radical (unpaired) electrons. The number of ether oxygens (including phenoxy) is 1. The van der Waals surface area contributed by atoms with E-state index in [0.29, 0.717) is 43.2 Å². The van der Waals surface area contributed by atoms with Gasteiger partial charge in [0.1, 0.15) is 17.3 Å². The lowest BCUT2D eigenvalue weighted by Crippen LogP contribution is -2.32. The summed E-state index contributed by atoms with van der Waals surface area (Å²) in [4.78, 5) is 22.5. The number of hydrogen-bond acceptors (Lipinski definition) is 5. The number of rotatable bonds is 5. The van der Waals surface area contributed by atoms with E-state index < -0.39 is 17.5 Å². The lowest BCUT2D eigenvalue weighted by Gasteiger charge is -2.30. The number of nitrogens with zero attached hydrogens (tertiary/aromatic N) is 3. The Morgan fingerprint density at radius 3 is 2.77 bits per heavy atom. The fraction of sp³-hybridized carbons (Fsp3) is 0.227. The van der Waals surface area contributed by atoms with Crippen molar-refractivity contribution in [1.82, 2.24) is 14.9 Å². The number of methoxy groups -OCH3 is 1. The number of primary amides is 1. The van der Waals surface area contributed by atoms with Crippen LogP contribution in [0.2, 0.25) is 0 Å². The van der Waals surface area contributed by atoms with Crippen molar-refractivity contribution in [2.75, 3.05) is 13.7 Å². The van der Waals surface area contributed by atoms with E-state index in [4.69, 9.17) is 10.5 Å². The number of benzene rings is 1. The summed E-state index contributed by atoms with van der Waals surface area (Å²) in [6.45, 7) is 1.82. The average Bonchev–Trinajstić information content (AvgIpc) is 2.73. The lowest BCUT2D eigenvalue weighted by atomic mass is 9.92. The molecule has 0 bridgehead atoms. The van der Waals surface area contributed by atoms with Gasteiger partial charge in [-0.2, -0.15) is 0 Å². The molecule has 0 saturated heterocycles. The maximum absolute atomic E-state index is 14.5. The molecule has 3 heterocycles. The topological polar surface area (TPSA) is 81.3 Å². The summed E-state index contributed by atoms with van der Waals surface area (Å²) in [6.07, 6.45) is 2.29. The Bertz CT molecular complexity index is 1120. The van der Waals surface area contributed by atoms with E-state index in [1.54, 1.807) is 13.3 Å². The molecule has 0 spiro atoms. The molecule has 154 valence electrons. The fourth-order valence-corrected chi connectivity index (χ4v) is 3.72. The number of nitrogens with two attached hydrogens (primary N) is 1. The molecule has 3 aromatic rings. The van der Waals surface area contributed by atoms with Crippen LogP contribution in [-0.4, -0.2) is 34.4 Å². The normalized spacial score (nSPS) is 13.7. The van der Waals surface area contributed by atoms with Gasteiger partial charge in [0.05, 0.1) is 12.8 Å². The van der Waals surface area contributed by atoms with E-state index >= 15 is 0 Å². The highest BCUT2D eigenvalue weighted by molar-refractivity contribution is 5.92. The highest BCUT2D eigenvalue weighted by atomic mass is 19.1. The second-order valence-corrected chi connectivity index (χ2v) is 7.14. The number of halogens is 2. The van der Waals surface area contributed by atoms with E-state index in [1.165, 1.54) is 18.2 Å². The van der Waals surface area contributed by atoms with Gasteiger partial charge in [0.2, 0.25) is 5.88 Å². The van der Waals surface area contributed by atoms with Crippen molar-refractivity contribution in [2.45, 2.75) is 19.5 Å². The third kappa shape index (κ3) is 3.99. The number of carbonyl (C=O) groups is 1. The third-order valence-corrected chi connectivity index (χ3v) is 5.15. The Kier molecular flexibility index (Phi) is 5.41. The molecule has 2 aromatic heterocycles. The van der Waals surface area contributed by atoms with Gasteiger partial charge in [0.15, 0.2) is 0 Å². The SMILES string of the molecule is [11CH3]Oc1cc(CN2CCc3c(-c4ccc(F)cc4F)cc(C(N)=O)nc3C2)ccn1. The van der Waals surface area contributed by atoms with Gasteiger partial charge < -0.3 is 10.5 Å². The van der Waals surface area contributed by atoms with E-state index in [0.717, 1.165) is 17.2 Å². The molecular weight excluding hydrogens is 389 g/mol. The van der Waals surface area contributed by atoms with Crippen molar-refractivity contribution in [3.05, 3.63) is 76.7 Å². The average molecular weight is 409 g/mol. The van der Waals surface area contributed by atoms with Gasteiger partial charge in [-0.1, -0.05) is 0 Å². The summed E-state index contributed by atoms with van der Waals surface area (Å²) in [5.74, 6) is -1.51. The molecule has 0 saturated carbocycles. The van der Waals surface area contributed by atoms with Crippen LogP contribution >= 0.6 is 0 Å². The Balaban J connectivity index is 1.69. The summed E-state index contributed by atoms with van der Waals surface area (Å²) in [5.41, 5.74) is 8.80. The summed E-state index contributed by atoms with van der Waals surface area (Å²) in [6, 6.07) is 8.66. The smallest absolute Gasteiger partial charge is 0.267 e. The zero-order valence-electron chi connectivity index (χ0n) is 16.4. The molecule has 1 aromatic carbocycles. The van der Waals surface area contributed by atoms with Crippen molar-refractivity contribution >= 4 is 5.91 Å². The molecule has 4 rings (SSSR count). The molecule has 0 fully saturated rings. The molecule has 8 heteroatoms. The van der Waals surface area contributed by atoms with Crippen LogP contribution in [0.15, 0.2) is 42.6 Å². The van der Waals surface area contributed by atoms with Gasteiger partial charge in [-0.05, 0) is 47.4 Å². The van der Waals surface area contributed by atoms with Crippen molar-refractivity contribution in [1.29, 1.82) is 0 Å². The van der Waals surface area contributed by atoms with Gasteiger partial charge in [0, 0.05) is 43.5 Å². The standard InChI is InChI=1S/C22H20F2N4O2/c1-30-21-8-13(4-6-26-21)11-28-7-5-16-17(15-3-2-14(23)9-18(15)24)10-19(22(25)29)27-20(16)12-28/h2-4,6,8-10H,5,7,11-12H2,1H3,(H2,25,29)/i1-1. The van der Waals surface area contributed by atoms with Crippen molar-refractivity contribution in [3.63, 3.8) is 0 Å². The van der Waals surface area contributed by atoms with Crippen LogP contribution in [0.1, 0.15) is 27.3 Å². The number of pyridine rings is 2. The first-order valence-corrected chi connectivity index (χ1v) is 9.44. The second kappa shape index (κ2) is 8.16. The number of fused-ring (bicyclic) bond motifs is 1. The molecule has 0 atom stereocenters. The predicted octanol–water partition coefficient (Wildman–Crippen LogP) is 3.09. The van der Waals surface area contributed by atoms with E-state index in [1.807, 2.05) is 12.1 Å². The lowest BCUT2D eigenvalue weighted by molar-refractivity contribution is 0.0994. The Morgan fingerprint density at radius 1 is 1.20 bits per heavy atom. The van der Waals surface area contributed by atoms with Crippen molar-refractivity contribution in [3.8, 4) is 17.0 Å². The zero-order chi connectivity index (χ0) is 21.3. The largest absolute Gasteiger partial charge is 0.481 e. The molecule has 0 aliphatic carbocycles. The van der Waals surface area contributed by atoms with E-state index in [-0.39, 0.29) is 11.3 Å². The maximum Gasteiger partial charge on any atom is 0.267 e. The Morgan fingerprint density at radius 2 is 2.03 bits per heavy atom. The molecule has 1 aliphatic heterocycles. The zero-order valence-corrected chi connectivity index (χ0v) is 16.4. The highest BCUT2D eigenvalue weighted by Crippen LogP contribution is 2.32. The minimum Gasteiger partial charge on any atom is -0.481 e. The fourth-order valence-electron chi connectivity index (χ4n) is 3.72. The Labute approximate surface area is 172 Å². The number of aromatic nitrogens is 2. The van der Waals surface area contributed by atoms with Crippen LogP contribution in [0, 0.1) is 11.6 Å². The third-order valence-electron chi connectivity index (χ3n) is 5.15. The van der Waals surface area contributed by atoms with Crippen molar-refractivity contribution in [2.24, 2.45) is 5.73 Å². The van der Waals surface area contributed by atoms with Gasteiger partial charge in [-0.25, -0.2) is 18.7 Å². The molecule has 30 heavy (non-hydrogen) atoms. The maximum atomic E-state index is 14.5. The van der Waals surface area contributed by atoms with Gasteiger partial charge >= 0.3 is 0 Å². The highest BCUT2D eigenvalue weighted by Gasteiger charge is 2.24. The predicted molar refractivity (Wildman–Crippen MR) is 107 cm³/mol. The molecular formula is C22H20F2N4O2. The first kappa shape index (κ1) is 19.9. The first-order valence-electron chi connectivity index (χ1n) is 9.44. The molecule has 1 aliphatic rings. The molecule has 2 N–H and O–H groups in total. The second-order valence-electron chi connectivity index (χ2n) is 7.14. The van der Waals surface area contributed by atoms with Crippen LogP contribution in [0.4, 0.5) is 8.78 Å². The summed E-state index contributed by atoms with van der Waals surface area (Å²) in [5, 5.41) is 0. The molecule has 0 unspecified atom stereocenters. The van der Waals surface area contributed by atoms with Crippen molar-refractivity contribution < 1.29 is 18.3 Å². The van der Waals surface area contributed by atoms with Crippen LogP contribution in [-0.2, 0) is 19.5 Å². The van der Waals surface area contributed by atoms with Crippen LogP contribution < -0.4 is 10.5 Å². The van der Waals surface area contributed by atoms with Crippen LogP contribution in [0.3, 0.4) is 0 Å². The Hall–Kier alpha value is -3.39. The first-order chi connectivity index (χ1) is 14.4. The minimum atomic E-state index is -0.697. The van der Waals surface area contributed by atoms with Gasteiger partial charge in [-0.15, -0.1) is 0 Å². The summed E-state index contributed by atoms with van der Waals surface area (Å²) >= 11 is 0.